The summed E-state index contributed by atoms with van der Waals surface area (Å²) in [5.41, 5.74) is 0.0251. The lowest BCUT2D eigenvalue weighted by atomic mass is 10.2. The van der Waals surface area contributed by atoms with Crippen molar-refractivity contribution in [2.45, 2.75) is 17.7 Å². The van der Waals surface area contributed by atoms with Crippen molar-refractivity contribution in [3.8, 4) is 0 Å². The quantitative estimate of drug-likeness (QED) is 0.774. The number of nitrogens with one attached hydrogen (secondary N) is 2. The third kappa shape index (κ3) is 5.21. The van der Waals surface area contributed by atoms with Gasteiger partial charge < -0.3 is 10.6 Å². The Morgan fingerprint density at radius 1 is 1.42 bits per heavy atom. The van der Waals surface area contributed by atoms with Crippen LogP contribution < -0.4 is 10.6 Å². The SMILES string of the molecule is CCNC(=O)CNC(=O)c1cccnc1SC(F)F. The van der Waals surface area contributed by atoms with Crippen molar-refractivity contribution in [2.75, 3.05) is 13.1 Å². The Morgan fingerprint density at radius 3 is 2.79 bits per heavy atom. The number of pyridine rings is 1. The number of nitrogens with zero attached hydrogens (tertiary/aromatic N) is 1. The molecule has 0 radical (unpaired) electrons. The van der Waals surface area contributed by atoms with Crippen LogP contribution in [0.1, 0.15) is 17.3 Å². The summed E-state index contributed by atoms with van der Waals surface area (Å²) >= 11 is 0.192. The molecule has 1 heterocycles. The molecule has 0 saturated heterocycles. The van der Waals surface area contributed by atoms with Crippen LogP contribution >= 0.6 is 11.8 Å². The van der Waals surface area contributed by atoms with Gasteiger partial charge in [0.25, 0.3) is 11.7 Å². The maximum atomic E-state index is 12.3. The number of amides is 2. The van der Waals surface area contributed by atoms with Gasteiger partial charge in [0, 0.05) is 12.7 Å². The van der Waals surface area contributed by atoms with Crippen molar-refractivity contribution in [2.24, 2.45) is 0 Å². The molecule has 1 aromatic rings. The van der Waals surface area contributed by atoms with E-state index >= 15 is 0 Å². The fraction of sp³-hybridized carbons (Fsp3) is 0.364. The van der Waals surface area contributed by atoms with E-state index in [1.165, 1.54) is 18.3 Å². The van der Waals surface area contributed by atoms with Gasteiger partial charge in [-0.15, -0.1) is 0 Å². The standard InChI is InChI=1S/C11H13F2N3O2S/c1-2-14-8(17)6-16-9(18)7-4-3-5-15-10(7)19-11(12)13/h3-5,11H,2,6H2,1H3,(H,14,17)(H,16,18). The van der Waals surface area contributed by atoms with Crippen LogP contribution in [0.2, 0.25) is 0 Å². The molecule has 0 spiro atoms. The first-order valence-corrected chi connectivity index (χ1v) is 6.37. The van der Waals surface area contributed by atoms with Crippen molar-refractivity contribution in [3.05, 3.63) is 23.9 Å². The van der Waals surface area contributed by atoms with Gasteiger partial charge in [0.15, 0.2) is 0 Å². The first-order chi connectivity index (χ1) is 9.04. The lowest BCUT2D eigenvalue weighted by molar-refractivity contribution is -0.120. The smallest absolute Gasteiger partial charge is 0.290 e. The summed E-state index contributed by atoms with van der Waals surface area (Å²) < 4.78 is 24.6. The monoisotopic (exact) mass is 289 g/mol. The Bertz CT molecular complexity index is 457. The number of aromatic nitrogens is 1. The predicted molar refractivity (Wildman–Crippen MR) is 67.1 cm³/mol. The number of carbonyl (C=O) groups excluding carboxylic acids is 2. The number of halogens is 2. The zero-order chi connectivity index (χ0) is 14.3. The van der Waals surface area contributed by atoms with Crippen LogP contribution in [0.3, 0.4) is 0 Å². The molecule has 0 aliphatic carbocycles. The molecule has 0 fully saturated rings. The van der Waals surface area contributed by atoms with E-state index in [1.807, 2.05) is 0 Å². The van der Waals surface area contributed by atoms with Crippen molar-refractivity contribution in [1.82, 2.24) is 15.6 Å². The van der Waals surface area contributed by atoms with Gasteiger partial charge >= 0.3 is 0 Å². The zero-order valence-corrected chi connectivity index (χ0v) is 11.0. The number of hydrogen-bond acceptors (Lipinski definition) is 4. The summed E-state index contributed by atoms with van der Waals surface area (Å²) in [6.07, 6.45) is 1.32. The first-order valence-electron chi connectivity index (χ1n) is 5.49. The average Bonchev–Trinajstić information content (AvgIpc) is 2.36. The summed E-state index contributed by atoms with van der Waals surface area (Å²) in [4.78, 5) is 26.7. The highest BCUT2D eigenvalue weighted by molar-refractivity contribution is 7.99. The molecule has 0 atom stereocenters. The number of thioether (sulfide) groups is 1. The van der Waals surface area contributed by atoms with Gasteiger partial charge in [0.05, 0.1) is 12.1 Å². The molecule has 104 valence electrons. The molecular weight excluding hydrogens is 276 g/mol. The topological polar surface area (TPSA) is 71.1 Å². The molecule has 0 bridgehead atoms. The van der Waals surface area contributed by atoms with Gasteiger partial charge in [0.2, 0.25) is 5.91 Å². The van der Waals surface area contributed by atoms with E-state index in [4.69, 9.17) is 0 Å². The van der Waals surface area contributed by atoms with E-state index in [1.54, 1.807) is 6.92 Å². The van der Waals surface area contributed by atoms with Crippen LogP contribution in [0.4, 0.5) is 8.78 Å². The highest BCUT2D eigenvalue weighted by Crippen LogP contribution is 2.26. The van der Waals surface area contributed by atoms with Crippen molar-refractivity contribution in [1.29, 1.82) is 0 Å². The molecule has 0 unspecified atom stereocenters. The molecule has 1 rings (SSSR count). The van der Waals surface area contributed by atoms with E-state index < -0.39 is 11.7 Å². The Hall–Kier alpha value is -1.70. The van der Waals surface area contributed by atoms with E-state index in [-0.39, 0.29) is 34.8 Å². The number of likely N-dealkylation sites (N-methyl/N-ethyl adjacent to an activating group) is 1. The second kappa shape index (κ2) is 7.67. The maximum absolute atomic E-state index is 12.3. The Morgan fingerprint density at radius 2 is 2.16 bits per heavy atom. The molecule has 1 aromatic heterocycles. The molecule has 8 heteroatoms. The van der Waals surface area contributed by atoms with Gasteiger partial charge in [-0.05, 0) is 30.8 Å². The highest BCUT2D eigenvalue weighted by Gasteiger charge is 2.16. The van der Waals surface area contributed by atoms with E-state index in [2.05, 4.69) is 15.6 Å². The number of rotatable bonds is 6. The van der Waals surface area contributed by atoms with Gasteiger partial charge in [-0.1, -0.05) is 0 Å². The second-order valence-electron chi connectivity index (χ2n) is 3.37. The van der Waals surface area contributed by atoms with Crippen molar-refractivity contribution < 1.29 is 18.4 Å². The number of alkyl halides is 2. The van der Waals surface area contributed by atoms with Gasteiger partial charge in [0.1, 0.15) is 5.03 Å². The van der Waals surface area contributed by atoms with Crippen LogP contribution in [0, 0.1) is 0 Å². The number of carbonyl (C=O) groups is 2. The summed E-state index contributed by atoms with van der Waals surface area (Å²) in [5.74, 6) is -3.62. The van der Waals surface area contributed by atoms with Crippen LogP contribution in [-0.2, 0) is 4.79 Å². The van der Waals surface area contributed by atoms with Gasteiger partial charge in [-0.25, -0.2) is 4.98 Å². The minimum absolute atomic E-state index is 0.0251. The molecular formula is C11H13F2N3O2S. The van der Waals surface area contributed by atoms with Crippen LogP contribution in [0.15, 0.2) is 23.4 Å². The predicted octanol–water partition coefficient (Wildman–Crippen LogP) is 1.26. The average molecular weight is 289 g/mol. The van der Waals surface area contributed by atoms with Crippen LogP contribution in [0.25, 0.3) is 0 Å². The third-order valence-electron chi connectivity index (χ3n) is 2.00. The van der Waals surface area contributed by atoms with Gasteiger partial charge in [-0.3, -0.25) is 9.59 Å². The summed E-state index contributed by atoms with van der Waals surface area (Å²) in [6, 6.07) is 2.85. The van der Waals surface area contributed by atoms with Gasteiger partial charge in [-0.2, -0.15) is 8.78 Å². The molecule has 2 N–H and O–H groups in total. The van der Waals surface area contributed by atoms with E-state index in [9.17, 15) is 18.4 Å². The molecule has 2 amide bonds. The fourth-order valence-electron chi connectivity index (χ4n) is 1.26. The van der Waals surface area contributed by atoms with Crippen molar-refractivity contribution >= 4 is 23.6 Å². The first kappa shape index (κ1) is 15.4. The third-order valence-corrected chi connectivity index (χ3v) is 2.73. The number of hydrogen-bond donors (Lipinski definition) is 2. The lowest BCUT2D eigenvalue weighted by Crippen LogP contribution is -2.37. The van der Waals surface area contributed by atoms with Crippen molar-refractivity contribution in [3.63, 3.8) is 0 Å². The lowest BCUT2D eigenvalue weighted by Gasteiger charge is -2.08. The Balaban J connectivity index is 2.68. The molecule has 0 aliphatic heterocycles. The van der Waals surface area contributed by atoms with E-state index in [0.717, 1.165) is 0 Å². The normalized spacial score (nSPS) is 10.3. The minimum atomic E-state index is -2.66. The maximum Gasteiger partial charge on any atom is 0.290 e. The molecule has 0 aromatic carbocycles. The molecule has 0 saturated carbocycles. The second-order valence-corrected chi connectivity index (χ2v) is 4.35. The fourth-order valence-corrected chi connectivity index (χ4v) is 1.84. The molecule has 5 nitrogen and oxygen atoms in total. The Labute approximate surface area is 113 Å². The molecule has 0 aliphatic rings. The largest absolute Gasteiger partial charge is 0.355 e. The summed E-state index contributed by atoms with van der Waals surface area (Å²) in [7, 11) is 0. The van der Waals surface area contributed by atoms with Crippen LogP contribution in [-0.4, -0.2) is 35.6 Å². The highest BCUT2D eigenvalue weighted by atomic mass is 32.2. The van der Waals surface area contributed by atoms with E-state index in [0.29, 0.717) is 6.54 Å². The summed E-state index contributed by atoms with van der Waals surface area (Å²) in [6.45, 7) is 1.99. The molecule has 19 heavy (non-hydrogen) atoms. The van der Waals surface area contributed by atoms with Crippen LogP contribution in [0.5, 0.6) is 0 Å². The minimum Gasteiger partial charge on any atom is -0.355 e. The summed E-state index contributed by atoms with van der Waals surface area (Å²) in [5, 5.41) is 4.79. The zero-order valence-electron chi connectivity index (χ0n) is 10.2. The Kier molecular flexibility index (Phi) is 6.20.